The second kappa shape index (κ2) is 6.74. The van der Waals surface area contributed by atoms with E-state index in [-0.39, 0.29) is 17.9 Å². The Morgan fingerprint density at radius 3 is 2.80 bits per heavy atom. The fourth-order valence-electron chi connectivity index (χ4n) is 2.10. The van der Waals surface area contributed by atoms with Crippen molar-refractivity contribution in [2.24, 2.45) is 5.73 Å². The molecule has 25 heavy (non-hydrogen) atoms. The van der Waals surface area contributed by atoms with Crippen molar-refractivity contribution in [2.45, 2.75) is 0 Å². The number of amides is 3. The SMILES string of the molecule is NC(=O)CNC(=O)c1[nH]ncc1NC(=O)c1cnc2ccncc2c1. The van der Waals surface area contributed by atoms with Gasteiger partial charge < -0.3 is 16.4 Å². The van der Waals surface area contributed by atoms with Gasteiger partial charge in [0.15, 0.2) is 0 Å². The van der Waals surface area contributed by atoms with Crippen LogP contribution in [0, 0.1) is 0 Å². The van der Waals surface area contributed by atoms with Gasteiger partial charge in [0.25, 0.3) is 11.8 Å². The number of carbonyl (C=O) groups is 3. The van der Waals surface area contributed by atoms with Gasteiger partial charge in [-0.15, -0.1) is 0 Å². The number of pyridine rings is 2. The van der Waals surface area contributed by atoms with E-state index in [1.54, 1.807) is 24.5 Å². The molecule has 0 fully saturated rings. The molecule has 10 nitrogen and oxygen atoms in total. The molecule has 0 bridgehead atoms. The van der Waals surface area contributed by atoms with Crippen LogP contribution in [0.1, 0.15) is 20.8 Å². The highest BCUT2D eigenvalue weighted by Crippen LogP contribution is 2.15. The Morgan fingerprint density at radius 2 is 2.00 bits per heavy atom. The van der Waals surface area contributed by atoms with Crippen LogP contribution in [0.2, 0.25) is 0 Å². The first kappa shape index (κ1) is 16.1. The molecule has 0 aliphatic carbocycles. The molecule has 3 aromatic rings. The molecule has 0 aliphatic rings. The number of fused-ring (bicyclic) bond motifs is 1. The van der Waals surface area contributed by atoms with Crippen molar-refractivity contribution in [3.05, 3.63) is 48.2 Å². The van der Waals surface area contributed by atoms with Crippen LogP contribution in [-0.2, 0) is 4.79 Å². The number of nitrogens with one attached hydrogen (secondary N) is 3. The number of aromatic nitrogens is 4. The first-order chi connectivity index (χ1) is 12.0. The van der Waals surface area contributed by atoms with Gasteiger partial charge in [-0.25, -0.2) is 0 Å². The number of anilines is 1. The number of primary amides is 1. The topological polar surface area (TPSA) is 156 Å². The number of carbonyl (C=O) groups excluding carboxylic acids is 3. The number of nitrogens with zero attached hydrogens (tertiary/aromatic N) is 3. The van der Waals surface area contributed by atoms with Gasteiger partial charge >= 0.3 is 0 Å². The molecule has 0 unspecified atom stereocenters. The van der Waals surface area contributed by atoms with Gasteiger partial charge in [0.1, 0.15) is 5.69 Å². The van der Waals surface area contributed by atoms with Gasteiger partial charge in [-0.3, -0.25) is 29.5 Å². The third kappa shape index (κ3) is 3.58. The van der Waals surface area contributed by atoms with Crippen molar-refractivity contribution in [1.29, 1.82) is 0 Å². The summed E-state index contributed by atoms with van der Waals surface area (Å²) < 4.78 is 0. The molecular formula is C15H13N7O3. The molecule has 0 radical (unpaired) electrons. The van der Waals surface area contributed by atoms with Crippen LogP contribution in [0.5, 0.6) is 0 Å². The molecule has 3 amide bonds. The zero-order valence-electron chi connectivity index (χ0n) is 12.8. The Balaban J connectivity index is 1.77. The van der Waals surface area contributed by atoms with Crippen molar-refractivity contribution >= 4 is 34.3 Å². The van der Waals surface area contributed by atoms with Crippen molar-refractivity contribution in [3.63, 3.8) is 0 Å². The summed E-state index contributed by atoms with van der Waals surface area (Å²) in [5, 5.41) is 11.8. The summed E-state index contributed by atoms with van der Waals surface area (Å²) in [6.45, 7) is -0.327. The summed E-state index contributed by atoms with van der Waals surface area (Å²) in [6.07, 6.45) is 5.91. The Bertz CT molecular complexity index is 966. The molecule has 0 aromatic carbocycles. The van der Waals surface area contributed by atoms with E-state index in [0.717, 1.165) is 0 Å². The zero-order valence-corrected chi connectivity index (χ0v) is 12.8. The number of nitrogens with two attached hydrogens (primary N) is 1. The number of rotatable bonds is 5. The van der Waals surface area contributed by atoms with E-state index in [1.807, 2.05) is 0 Å². The third-order valence-electron chi connectivity index (χ3n) is 3.28. The second-order valence-electron chi connectivity index (χ2n) is 5.05. The lowest BCUT2D eigenvalue weighted by molar-refractivity contribution is -0.117. The second-order valence-corrected chi connectivity index (χ2v) is 5.05. The smallest absolute Gasteiger partial charge is 0.271 e. The van der Waals surface area contributed by atoms with E-state index < -0.39 is 17.7 Å². The van der Waals surface area contributed by atoms with Crippen LogP contribution in [0.4, 0.5) is 5.69 Å². The normalized spacial score (nSPS) is 10.4. The van der Waals surface area contributed by atoms with Gasteiger partial charge in [0.05, 0.1) is 29.5 Å². The largest absolute Gasteiger partial charge is 0.368 e. The Morgan fingerprint density at radius 1 is 1.16 bits per heavy atom. The van der Waals surface area contributed by atoms with E-state index in [9.17, 15) is 14.4 Å². The number of H-pyrrole nitrogens is 1. The summed E-state index contributed by atoms with van der Waals surface area (Å²) in [5.41, 5.74) is 6.15. The van der Waals surface area contributed by atoms with Gasteiger partial charge in [-0.2, -0.15) is 5.10 Å². The highest BCUT2D eigenvalue weighted by atomic mass is 16.2. The molecular weight excluding hydrogens is 326 g/mol. The Hall–Kier alpha value is -3.82. The molecule has 0 atom stereocenters. The van der Waals surface area contributed by atoms with E-state index >= 15 is 0 Å². The van der Waals surface area contributed by atoms with E-state index in [1.165, 1.54) is 12.4 Å². The van der Waals surface area contributed by atoms with Crippen molar-refractivity contribution in [3.8, 4) is 0 Å². The van der Waals surface area contributed by atoms with E-state index in [2.05, 4.69) is 30.8 Å². The Labute approximate surface area is 140 Å². The zero-order chi connectivity index (χ0) is 17.8. The quantitative estimate of drug-likeness (QED) is 0.505. The van der Waals surface area contributed by atoms with E-state index in [4.69, 9.17) is 5.73 Å². The van der Waals surface area contributed by atoms with Gasteiger partial charge in [-0.1, -0.05) is 0 Å². The highest BCUT2D eigenvalue weighted by molar-refractivity contribution is 6.09. The minimum Gasteiger partial charge on any atom is -0.368 e. The standard InChI is InChI=1S/C15H13N7O3/c16-12(23)7-19-15(25)13-11(6-20-22-13)21-14(24)9-3-8-4-17-2-1-10(8)18-5-9/h1-6H,7H2,(H2,16,23)(H,19,25)(H,20,22)(H,21,24). The number of hydrogen-bond donors (Lipinski definition) is 4. The van der Waals surface area contributed by atoms with Crippen LogP contribution < -0.4 is 16.4 Å². The molecule has 0 aliphatic heterocycles. The molecule has 126 valence electrons. The highest BCUT2D eigenvalue weighted by Gasteiger charge is 2.17. The lowest BCUT2D eigenvalue weighted by atomic mass is 10.2. The van der Waals surface area contributed by atoms with Crippen molar-refractivity contribution < 1.29 is 14.4 Å². The maximum Gasteiger partial charge on any atom is 0.271 e. The minimum atomic E-state index is -0.686. The summed E-state index contributed by atoms with van der Waals surface area (Å²) in [5.74, 6) is -1.77. The van der Waals surface area contributed by atoms with E-state index in [0.29, 0.717) is 16.5 Å². The van der Waals surface area contributed by atoms with Gasteiger partial charge in [0.2, 0.25) is 5.91 Å². The fraction of sp³-hybridized carbons (Fsp3) is 0.0667. The third-order valence-corrected chi connectivity index (χ3v) is 3.28. The molecule has 10 heteroatoms. The molecule has 3 aromatic heterocycles. The molecule has 3 rings (SSSR count). The molecule has 3 heterocycles. The summed E-state index contributed by atoms with van der Waals surface area (Å²) in [6, 6.07) is 3.37. The van der Waals surface area contributed by atoms with Gasteiger partial charge in [0, 0.05) is 24.0 Å². The van der Waals surface area contributed by atoms with Crippen molar-refractivity contribution in [2.75, 3.05) is 11.9 Å². The van der Waals surface area contributed by atoms with Crippen LogP contribution >= 0.6 is 0 Å². The van der Waals surface area contributed by atoms with Gasteiger partial charge in [-0.05, 0) is 12.1 Å². The molecule has 5 N–H and O–H groups in total. The van der Waals surface area contributed by atoms with Crippen LogP contribution in [0.15, 0.2) is 36.9 Å². The summed E-state index contributed by atoms with van der Waals surface area (Å²) in [7, 11) is 0. The molecule has 0 saturated heterocycles. The average Bonchev–Trinajstić information content (AvgIpc) is 3.07. The number of hydrogen-bond acceptors (Lipinski definition) is 6. The fourth-order valence-corrected chi connectivity index (χ4v) is 2.10. The van der Waals surface area contributed by atoms with Crippen LogP contribution in [0.3, 0.4) is 0 Å². The predicted molar refractivity (Wildman–Crippen MR) is 87.6 cm³/mol. The lowest BCUT2D eigenvalue weighted by Crippen LogP contribution is -2.34. The summed E-state index contributed by atoms with van der Waals surface area (Å²) in [4.78, 5) is 43.2. The first-order valence-electron chi connectivity index (χ1n) is 7.15. The predicted octanol–water partition coefficient (Wildman–Crippen LogP) is -0.180. The average molecular weight is 339 g/mol. The monoisotopic (exact) mass is 339 g/mol. The maximum atomic E-state index is 12.4. The molecule has 0 spiro atoms. The Kier molecular flexibility index (Phi) is 4.33. The molecule has 0 saturated carbocycles. The summed E-state index contributed by atoms with van der Waals surface area (Å²) >= 11 is 0. The first-order valence-corrected chi connectivity index (χ1v) is 7.15. The van der Waals surface area contributed by atoms with Crippen LogP contribution in [0.25, 0.3) is 10.9 Å². The minimum absolute atomic E-state index is 0.00464. The lowest BCUT2D eigenvalue weighted by Gasteiger charge is -2.06. The van der Waals surface area contributed by atoms with Crippen molar-refractivity contribution in [1.82, 2.24) is 25.5 Å². The number of aromatic amines is 1. The maximum absolute atomic E-state index is 12.4. The van der Waals surface area contributed by atoms with Crippen LogP contribution in [-0.4, -0.2) is 44.4 Å².